The Balaban J connectivity index is 1.86. The highest BCUT2D eigenvalue weighted by Gasteiger charge is 2.69. The molecule has 3 unspecified atom stereocenters. The molecule has 4 N–H and O–H groups in total. The minimum Gasteiger partial charge on any atom is -0.507 e. The van der Waals surface area contributed by atoms with Crippen molar-refractivity contribution in [1.29, 1.82) is 0 Å². The number of phenols is 1. The standard InChI is InChI=1S/C29H38FN3O7/c1-12(2)16-8-15(11-33(6)13(3)10-30)23(34)20-17(16)7-14-9-18-22(32(4)5)25(36)21(28(31)39)27(38)29(18,40)26(37)19(14)24(20)35/h8,12-14,18-19,21-22,34,40H,7,9-11H2,1-6H3,(H2,31,39)/t13?,14-,18-,19?,21?,22-,29-/m0/s1. The predicted molar refractivity (Wildman–Crippen MR) is 142 cm³/mol. The van der Waals surface area contributed by atoms with Crippen LogP contribution in [0.5, 0.6) is 5.75 Å². The number of aromatic hydroxyl groups is 1. The van der Waals surface area contributed by atoms with Crippen LogP contribution in [0, 0.1) is 23.7 Å². The van der Waals surface area contributed by atoms with Crippen LogP contribution in [0.15, 0.2) is 6.07 Å². The van der Waals surface area contributed by atoms with Crippen molar-refractivity contribution in [2.24, 2.45) is 29.4 Å². The quantitative estimate of drug-likeness (QED) is 0.411. The highest BCUT2D eigenvalue weighted by Crippen LogP contribution is 2.52. The first kappa shape index (κ1) is 30.0. The third-order valence-corrected chi connectivity index (χ3v) is 9.19. The van der Waals surface area contributed by atoms with Gasteiger partial charge in [0.1, 0.15) is 12.4 Å². The van der Waals surface area contributed by atoms with Crippen molar-refractivity contribution in [3.05, 3.63) is 28.3 Å². The number of benzene rings is 1. The molecule has 0 spiro atoms. The maximum atomic E-state index is 14.1. The summed E-state index contributed by atoms with van der Waals surface area (Å²) < 4.78 is 13.3. The van der Waals surface area contributed by atoms with E-state index in [0.29, 0.717) is 11.1 Å². The number of carbonyl (C=O) groups is 5. The monoisotopic (exact) mass is 559 g/mol. The first-order valence-electron chi connectivity index (χ1n) is 13.6. The number of Topliss-reactive ketones (excluding diaryl/α,β-unsaturated/α-hetero) is 4. The van der Waals surface area contributed by atoms with Gasteiger partial charge >= 0.3 is 0 Å². The molecule has 1 aromatic rings. The number of likely N-dealkylation sites (N-methyl/N-ethyl adjacent to an activating group) is 1. The molecular weight excluding hydrogens is 521 g/mol. The van der Waals surface area contributed by atoms with Crippen LogP contribution in [0.1, 0.15) is 60.2 Å². The van der Waals surface area contributed by atoms with Gasteiger partial charge in [-0.3, -0.25) is 33.8 Å². The van der Waals surface area contributed by atoms with Gasteiger partial charge in [-0.15, -0.1) is 0 Å². The van der Waals surface area contributed by atoms with Gasteiger partial charge in [-0.25, -0.2) is 4.39 Å². The third kappa shape index (κ3) is 4.29. The van der Waals surface area contributed by atoms with Crippen molar-refractivity contribution in [2.75, 3.05) is 27.8 Å². The predicted octanol–water partition coefficient (Wildman–Crippen LogP) is 0.780. The number of ketones is 4. The van der Waals surface area contributed by atoms with E-state index in [1.165, 1.54) is 4.90 Å². The SMILES string of the molecule is CC(C)c1cc(CN(C)C(C)CF)c(O)c2c1C[C@H]1C[C@H]3[C@H](N(C)C)C(=O)C(C(N)=O)C(=O)[C@@]3(O)C(=O)C1C2=O. The average Bonchev–Trinajstić information content (AvgIpc) is 2.86. The number of amides is 1. The number of nitrogens with two attached hydrogens (primary N) is 1. The molecule has 7 atom stereocenters. The Morgan fingerprint density at radius 2 is 1.77 bits per heavy atom. The highest BCUT2D eigenvalue weighted by molar-refractivity contribution is 6.32. The molecule has 4 rings (SSSR count). The lowest BCUT2D eigenvalue weighted by atomic mass is 9.52. The Morgan fingerprint density at radius 1 is 1.15 bits per heavy atom. The second kappa shape index (κ2) is 10.4. The van der Waals surface area contributed by atoms with Gasteiger partial charge in [0, 0.05) is 24.1 Å². The Bertz CT molecular complexity index is 1290. The number of fused-ring (bicyclic) bond motifs is 3. The Hall–Kier alpha value is -3.02. The molecule has 218 valence electrons. The molecule has 0 bridgehead atoms. The number of aliphatic hydroxyl groups is 1. The Kier molecular flexibility index (Phi) is 7.81. The van der Waals surface area contributed by atoms with Crippen molar-refractivity contribution in [2.45, 2.75) is 63.8 Å². The second-order valence-electron chi connectivity index (χ2n) is 12.2. The first-order valence-corrected chi connectivity index (χ1v) is 13.6. The van der Waals surface area contributed by atoms with E-state index in [0.717, 1.165) is 5.56 Å². The molecule has 3 aliphatic rings. The van der Waals surface area contributed by atoms with E-state index in [1.807, 2.05) is 19.9 Å². The van der Waals surface area contributed by atoms with Crippen molar-refractivity contribution < 1.29 is 38.6 Å². The lowest BCUT2D eigenvalue weighted by Gasteiger charge is -2.52. The smallest absolute Gasteiger partial charge is 0.235 e. The first-order chi connectivity index (χ1) is 18.6. The molecule has 11 heteroatoms. The average molecular weight is 560 g/mol. The van der Waals surface area contributed by atoms with Gasteiger partial charge in [0.05, 0.1) is 17.5 Å². The Labute approximate surface area is 232 Å². The van der Waals surface area contributed by atoms with Gasteiger partial charge in [0.2, 0.25) is 5.91 Å². The van der Waals surface area contributed by atoms with Crippen LogP contribution < -0.4 is 5.73 Å². The molecule has 10 nitrogen and oxygen atoms in total. The normalized spacial score (nSPS) is 30.9. The molecule has 1 aromatic carbocycles. The summed E-state index contributed by atoms with van der Waals surface area (Å²) in [6.45, 7) is 5.12. The molecule has 0 aromatic heterocycles. The number of hydrogen-bond acceptors (Lipinski definition) is 9. The summed E-state index contributed by atoms with van der Waals surface area (Å²) in [5.74, 6) is -10.8. The molecule has 0 radical (unpaired) electrons. The second-order valence-corrected chi connectivity index (χ2v) is 12.2. The fraction of sp³-hybridized carbons (Fsp3) is 0.621. The zero-order valence-electron chi connectivity index (χ0n) is 23.7. The highest BCUT2D eigenvalue weighted by atomic mass is 19.1. The lowest BCUT2D eigenvalue weighted by Crippen LogP contribution is -2.74. The lowest BCUT2D eigenvalue weighted by molar-refractivity contribution is -0.181. The van der Waals surface area contributed by atoms with Crippen LogP contribution in [0.4, 0.5) is 4.39 Å². The van der Waals surface area contributed by atoms with Crippen LogP contribution in [-0.4, -0.2) is 94.6 Å². The zero-order chi connectivity index (χ0) is 30.0. The van der Waals surface area contributed by atoms with Crippen LogP contribution in [-0.2, 0) is 32.1 Å². The third-order valence-electron chi connectivity index (χ3n) is 9.19. The number of nitrogens with zero attached hydrogens (tertiary/aromatic N) is 2. The summed E-state index contributed by atoms with van der Waals surface area (Å²) >= 11 is 0. The van der Waals surface area contributed by atoms with E-state index in [9.17, 15) is 38.6 Å². The van der Waals surface area contributed by atoms with Gasteiger partial charge in [0.25, 0.3) is 0 Å². The zero-order valence-corrected chi connectivity index (χ0v) is 23.7. The van der Waals surface area contributed by atoms with Crippen LogP contribution in [0.3, 0.4) is 0 Å². The molecular formula is C29H38FN3O7. The van der Waals surface area contributed by atoms with Gasteiger partial charge < -0.3 is 15.9 Å². The van der Waals surface area contributed by atoms with E-state index < -0.39 is 77.1 Å². The number of rotatable bonds is 7. The number of primary amides is 1. The number of carbonyl (C=O) groups excluding carboxylic acids is 5. The van der Waals surface area contributed by atoms with E-state index >= 15 is 0 Å². The van der Waals surface area contributed by atoms with Crippen LogP contribution in [0.2, 0.25) is 0 Å². The molecule has 2 saturated carbocycles. The van der Waals surface area contributed by atoms with Crippen molar-refractivity contribution >= 4 is 29.0 Å². The van der Waals surface area contributed by atoms with E-state index in [-0.39, 0.29) is 36.6 Å². The van der Waals surface area contributed by atoms with Gasteiger partial charge in [-0.1, -0.05) is 19.9 Å². The summed E-state index contributed by atoms with van der Waals surface area (Å²) in [6, 6.07) is 0.227. The fourth-order valence-corrected chi connectivity index (χ4v) is 6.94. The maximum absolute atomic E-state index is 14.1. The Morgan fingerprint density at radius 3 is 2.30 bits per heavy atom. The van der Waals surface area contributed by atoms with Gasteiger partial charge in [-0.2, -0.15) is 0 Å². The number of alkyl halides is 1. The molecule has 0 heterocycles. The summed E-state index contributed by atoms with van der Waals surface area (Å²) in [5.41, 5.74) is 4.36. The maximum Gasteiger partial charge on any atom is 0.235 e. The topological polar surface area (TPSA) is 158 Å². The molecule has 1 amide bonds. The van der Waals surface area contributed by atoms with Crippen LogP contribution >= 0.6 is 0 Å². The molecule has 3 aliphatic carbocycles. The molecule has 40 heavy (non-hydrogen) atoms. The van der Waals surface area contributed by atoms with E-state index in [2.05, 4.69) is 0 Å². The van der Waals surface area contributed by atoms with Crippen molar-refractivity contribution in [1.82, 2.24) is 9.80 Å². The molecule has 0 aliphatic heterocycles. The van der Waals surface area contributed by atoms with E-state index in [1.54, 1.807) is 33.0 Å². The summed E-state index contributed by atoms with van der Waals surface area (Å²) in [7, 11) is 4.79. The number of phenolic OH excluding ortho intramolecular Hbond substituents is 1. The molecule has 2 fully saturated rings. The summed E-state index contributed by atoms with van der Waals surface area (Å²) in [6.07, 6.45) is 0.213. The van der Waals surface area contributed by atoms with Gasteiger partial charge in [0.15, 0.2) is 34.7 Å². The van der Waals surface area contributed by atoms with Crippen molar-refractivity contribution in [3.63, 3.8) is 0 Å². The van der Waals surface area contributed by atoms with Gasteiger partial charge in [-0.05, 0) is 63.9 Å². The minimum absolute atomic E-state index is 0.000691. The number of halogens is 1. The summed E-state index contributed by atoms with van der Waals surface area (Å²) in [5, 5.41) is 23.0. The minimum atomic E-state index is -2.76. The van der Waals surface area contributed by atoms with E-state index in [4.69, 9.17) is 5.73 Å². The number of hydrogen-bond donors (Lipinski definition) is 3. The molecule has 0 saturated heterocycles. The fourth-order valence-electron chi connectivity index (χ4n) is 6.94. The largest absolute Gasteiger partial charge is 0.507 e. The van der Waals surface area contributed by atoms with Crippen LogP contribution in [0.25, 0.3) is 0 Å². The summed E-state index contributed by atoms with van der Waals surface area (Å²) in [4.78, 5) is 70.0. The van der Waals surface area contributed by atoms with Crippen molar-refractivity contribution in [3.8, 4) is 5.75 Å².